The van der Waals surface area contributed by atoms with Crippen LogP contribution >= 0.6 is 11.6 Å². The molecule has 4 aliphatic rings. The summed E-state index contributed by atoms with van der Waals surface area (Å²) in [6.45, 7) is 0. The molecule has 0 radical (unpaired) electrons. The molecule has 1 aromatic rings. The van der Waals surface area contributed by atoms with E-state index in [-0.39, 0.29) is 11.3 Å². The minimum absolute atomic E-state index is 0.0119. The first kappa shape index (κ1) is 13.4. The number of nitro benzene ring substituents is 1. The second-order valence-corrected chi connectivity index (χ2v) is 7.48. The van der Waals surface area contributed by atoms with Crippen molar-refractivity contribution in [3.63, 3.8) is 0 Å². The zero-order chi connectivity index (χ0) is 14.6. The molecule has 0 aliphatic heterocycles. The summed E-state index contributed by atoms with van der Waals surface area (Å²) >= 11 is 6.18. The van der Waals surface area contributed by atoms with Gasteiger partial charge < -0.3 is 4.74 Å². The maximum absolute atomic E-state index is 10.8. The summed E-state index contributed by atoms with van der Waals surface area (Å²) in [7, 11) is 0. The van der Waals surface area contributed by atoms with Gasteiger partial charge >= 0.3 is 0 Å². The Hall–Kier alpha value is -1.29. The second kappa shape index (κ2) is 4.60. The Morgan fingerprint density at radius 1 is 1.14 bits per heavy atom. The van der Waals surface area contributed by atoms with E-state index in [1.54, 1.807) is 6.07 Å². The lowest BCUT2D eigenvalue weighted by atomic mass is 9.54. The third-order valence-electron chi connectivity index (χ3n) is 5.43. The van der Waals surface area contributed by atoms with Gasteiger partial charge in [-0.2, -0.15) is 0 Å². The van der Waals surface area contributed by atoms with Crippen molar-refractivity contribution >= 4 is 17.3 Å². The molecule has 0 unspecified atom stereocenters. The monoisotopic (exact) mass is 307 g/mol. The summed E-state index contributed by atoms with van der Waals surface area (Å²) in [5.74, 6) is 3.00. The smallest absolute Gasteiger partial charge is 0.271 e. The first-order valence-corrected chi connectivity index (χ1v) is 8.04. The normalized spacial score (nSPS) is 36.7. The molecular formula is C16H18ClNO3. The average Bonchev–Trinajstić information content (AvgIpc) is 2.39. The molecule has 0 aromatic heterocycles. The molecule has 1 aromatic carbocycles. The molecule has 0 saturated heterocycles. The van der Waals surface area contributed by atoms with Crippen molar-refractivity contribution < 1.29 is 9.66 Å². The quantitative estimate of drug-likeness (QED) is 0.606. The Labute approximate surface area is 128 Å². The standard InChI is InChI=1S/C16H18ClNO3/c17-14-6-13(18(19)20)1-2-15(14)21-16-7-10-3-11(8-16)5-12(4-10)9-16/h1-2,6,10-12H,3-5,7-9H2. The fourth-order valence-electron chi connectivity index (χ4n) is 5.08. The number of halogens is 1. The summed E-state index contributed by atoms with van der Waals surface area (Å²) < 4.78 is 6.33. The van der Waals surface area contributed by atoms with Gasteiger partial charge in [0.25, 0.3) is 5.69 Å². The number of nitro groups is 1. The van der Waals surface area contributed by atoms with Crippen LogP contribution < -0.4 is 4.74 Å². The molecule has 4 nitrogen and oxygen atoms in total. The molecule has 112 valence electrons. The third-order valence-corrected chi connectivity index (χ3v) is 5.73. The summed E-state index contributed by atoms with van der Waals surface area (Å²) in [4.78, 5) is 10.4. The van der Waals surface area contributed by atoms with E-state index in [0.717, 1.165) is 37.0 Å². The molecule has 0 N–H and O–H groups in total. The van der Waals surface area contributed by atoms with Crippen LogP contribution in [0.25, 0.3) is 0 Å². The van der Waals surface area contributed by atoms with Crippen LogP contribution in [-0.2, 0) is 0 Å². The summed E-state index contributed by atoms with van der Waals surface area (Å²) in [6.07, 6.45) is 7.43. The fraction of sp³-hybridized carbons (Fsp3) is 0.625. The molecule has 0 atom stereocenters. The topological polar surface area (TPSA) is 52.4 Å². The summed E-state index contributed by atoms with van der Waals surface area (Å²) in [6, 6.07) is 4.51. The zero-order valence-corrected chi connectivity index (χ0v) is 12.5. The molecule has 4 bridgehead atoms. The molecule has 0 amide bonds. The molecule has 4 fully saturated rings. The Morgan fingerprint density at radius 3 is 2.19 bits per heavy atom. The number of benzene rings is 1. The Bertz CT molecular complexity index is 566. The van der Waals surface area contributed by atoms with Gasteiger partial charge in [-0.15, -0.1) is 0 Å². The highest BCUT2D eigenvalue weighted by Crippen LogP contribution is 2.57. The number of rotatable bonds is 3. The SMILES string of the molecule is O=[N+]([O-])c1ccc(OC23CC4CC(CC(C4)C2)C3)c(Cl)c1. The lowest BCUT2D eigenvalue weighted by molar-refractivity contribution is -0.384. The van der Waals surface area contributed by atoms with Crippen LogP contribution in [0.5, 0.6) is 5.75 Å². The van der Waals surface area contributed by atoms with Crippen LogP contribution in [0.15, 0.2) is 18.2 Å². The predicted octanol–water partition coefficient (Wildman–Crippen LogP) is 4.60. The molecule has 5 heteroatoms. The van der Waals surface area contributed by atoms with Crippen LogP contribution in [0.3, 0.4) is 0 Å². The predicted molar refractivity (Wildman–Crippen MR) is 79.6 cm³/mol. The van der Waals surface area contributed by atoms with Gasteiger partial charge in [0.15, 0.2) is 0 Å². The first-order chi connectivity index (χ1) is 10.0. The van der Waals surface area contributed by atoms with Crippen LogP contribution in [0.4, 0.5) is 5.69 Å². The molecular weight excluding hydrogens is 290 g/mol. The van der Waals surface area contributed by atoms with Crippen molar-refractivity contribution in [2.24, 2.45) is 17.8 Å². The van der Waals surface area contributed by atoms with E-state index < -0.39 is 4.92 Å². The zero-order valence-electron chi connectivity index (χ0n) is 11.8. The number of hydrogen-bond acceptors (Lipinski definition) is 3. The van der Waals surface area contributed by atoms with Crippen LogP contribution in [-0.4, -0.2) is 10.5 Å². The van der Waals surface area contributed by atoms with E-state index in [2.05, 4.69) is 0 Å². The molecule has 5 rings (SSSR count). The van der Waals surface area contributed by atoms with Crippen LogP contribution in [0.2, 0.25) is 5.02 Å². The first-order valence-electron chi connectivity index (χ1n) is 7.66. The van der Waals surface area contributed by atoms with E-state index in [4.69, 9.17) is 16.3 Å². The minimum atomic E-state index is -0.430. The molecule has 4 saturated carbocycles. The largest absolute Gasteiger partial charge is 0.486 e. The van der Waals surface area contributed by atoms with Crippen LogP contribution in [0, 0.1) is 27.9 Å². The fourth-order valence-corrected chi connectivity index (χ4v) is 5.29. The molecule has 21 heavy (non-hydrogen) atoms. The van der Waals surface area contributed by atoms with Crippen molar-refractivity contribution in [1.29, 1.82) is 0 Å². The van der Waals surface area contributed by atoms with E-state index >= 15 is 0 Å². The Balaban J connectivity index is 1.60. The van der Waals surface area contributed by atoms with Gasteiger partial charge in [-0.3, -0.25) is 10.1 Å². The van der Waals surface area contributed by atoms with Crippen molar-refractivity contribution in [3.8, 4) is 5.75 Å². The number of ether oxygens (including phenoxy) is 1. The maximum atomic E-state index is 10.8. The van der Waals surface area contributed by atoms with Gasteiger partial charge in [-0.05, 0) is 62.3 Å². The van der Waals surface area contributed by atoms with Gasteiger partial charge in [0.2, 0.25) is 0 Å². The minimum Gasteiger partial charge on any atom is -0.486 e. The second-order valence-electron chi connectivity index (χ2n) is 7.07. The number of nitrogens with zero attached hydrogens (tertiary/aromatic N) is 1. The van der Waals surface area contributed by atoms with Gasteiger partial charge in [0.1, 0.15) is 11.4 Å². The van der Waals surface area contributed by atoms with Gasteiger partial charge in [0, 0.05) is 12.1 Å². The van der Waals surface area contributed by atoms with Crippen molar-refractivity contribution in [2.45, 2.75) is 44.1 Å². The number of hydrogen-bond donors (Lipinski definition) is 0. The average molecular weight is 308 g/mol. The summed E-state index contributed by atoms with van der Waals surface area (Å²) in [5, 5.41) is 11.1. The van der Waals surface area contributed by atoms with Gasteiger partial charge in [-0.25, -0.2) is 0 Å². The molecule has 0 spiro atoms. The third kappa shape index (κ3) is 2.30. The number of non-ortho nitro benzene ring substituents is 1. The van der Waals surface area contributed by atoms with Crippen molar-refractivity contribution in [2.75, 3.05) is 0 Å². The van der Waals surface area contributed by atoms with E-state index in [0.29, 0.717) is 10.8 Å². The highest BCUT2D eigenvalue weighted by Gasteiger charge is 2.52. The van der Waals surface area contributed by atoms with Crippen LogP contribution in [0.1, 0.15) is 38.5 Å². The molecule has 4 aliphatic carbocycles. The Morgan fingerprint density at radius 2 is 1.71 bits per heavy atom. The van der Waals surface area contributed by atoms with E-state index in [9.17, 15) is 10.1 Å². The highest BCUT2D eigenvalue weighted by atomic mass is 35.5. The maximum Gasteiger partial charge on any atom is 0.271 e. The highest BCUT2D eigenvalue weighted by molar-refractivity contribution is 6.32. The van der Waals surface area contributed by atoms with E-state index in [1.165, 1.54) is 31.4 Å². The van der Waals surface area contributed by atoms with Gasteiger partial charge in [-0.1, -0.05) is 11.6 Å². The van der Waals surface area contributed by atoms with Crippen molar-refractivity contribution in [3.05, 3.63) is 33.3 Å². The lowest BCUT2D eigenvalue weighted by Crippen LogP contribution is -2.53. The van der Waals surface area contributed by atoms with Crippen molar-refractivity contribution in [1.82, 2.24) is 0 Å². The lowest BCUT2D eigenvalue weighted by Gasteiger charge is -2.56. The molecule has 0 heterocycles. The summed E-state index contributed by atoms with van der Waals surface area (Å²) in [5.41, 5.74) is -0.0630. The van der Waals surface area contributed by atoms with E-state index in [1.807, 2.05) is 0 Å². The van der Waals surface area contributed by atoms with Gasteiger partial charge in [0.05, 0.1) is 9.95 Å². The Kier molecular flexibility index (Phi) is 2.93.